The molecule has 1 heterocycles. The molecule has 1 atom stereocenters. The Balaban J connectivity index is 2.20. The van der Waals surface area contributed by atoms with E-state index in [9.17, 15) is 13.9 Å². The summed E-state index contributed by atoms with van der Waals surface area (Å²) in [5.41, 5.74) is -0.156. The average molecular weight is 242 g/mol. The van der Waals surface area contributed by atoms with Crippen LogP contribution >= 0.6 is 0 Å². The lowest BCUT2D eigenvalue weighted by Gasteiger charge is -2.35. The second-order valence-corrected chi connectivity index (χ2v) is 4.73. The number of rotatable bonds is 3. The predicted octanol–water partition coefficient (Wildman–Crippen LogP) is 2.30. The molecule has 17 heavy (non-hydrogen) atoms. The Morgan fingerprint density at radius 3 is 2.82 bits per heavy atom. The van der Waals surface area contributed by atoms with Gasteiger partial charge in [0.05, 0.1) is 13.2 Å². The van der Waals surface area contributed by atoms with Crippen LogP contribution in [0.15, 0.2) is 18.2 Å². The van der Waals surface area contributed by atoms with Crippen LogP contribution in [0.4, 0.5) is 8.78 Å². The Bertz CT molecular complexity index is 387. The normalized spacial score (nSPS) is 24.9. The van der Waals surface area contributed by atoms with Crippen LogP contribution in [0.3, 0.4) is 0 Å². The molecule has 0 saturated carbocycles. The monoisotopic (exact) mass is 242 g/mol. The summed E-state index contributed by atoms with van der Waals surface area (Å²) in [4.78, 5) is 0. The Morgan fingerprint density at radius 2 is 2.18 bits per heavy atom. The highest BCUT2D eigenvalue weighted by atomic mass is 19.1. The van der Waals surface area contributed by atoms with Crippen LogP contribution in [0, 0.1) is 17.0 Å². The molecule has 0 bridgehead atoms. The van der Waals surface area contributed by atoms with E-state index in [1.807, 2.05) is 0 Å². The zero-order valence-electron chi connectivity index (χ0n) is 9.59. The molecule has 1 unspecified atom stereocenters. The highest BCUT2D eigenvalue weighted by Crippen LogP contribution is 2.32. The summed E-state index contributed by atoms with van der Waals surface area (Å²) in [7, 11) is 0. The number of hydrogen-bond donors (Lipinski definition) is 1. The zero-order chi connectivity index (χ0) is 12.3. The van der Waals surface area contributed by atoms with E-state index in [1.54, 1.807) is 0 Å². The Morgan fingerprint density at radius 1 is 1.35 bits per heavy atom. The minimum atomic E-state index is -0.465. The van der Waals surface area contributed by atoms with Crippen LogP contribution in [0.5, 0.6) is 0 Å². The predicted molar refractivity (Wildman–Crippen MR) is 59.6 cm³/mol. The van der Waals surface area contributed by atoms with Crippen molar-refractivity contribution < 1.29 is 18.6 Å². The Kier molecular flexibility index (Phi) is 3.74. The van der Waals surface area contributed by atoms with E-state index in [2.05, 4.69) is 0 Å². The summed E-state index contributed by atoms with van der Waals surface area (Å²) < 4.78 is 32.0. The maximum Gasteiger partial charge on any atom is 0.126 e. The van der Waals surface area contributed by atoms with Gasteiger partial charge in [0.2, 0.25) is 0 Å². The van der Waals surface area contributed by atoms with Gasteiger partial charge in [-0.05, 0) is 43.0 Å². The van der Waals surface area contributed by atoms with Crippen molar-refractivity contribution in [3.05, 3.63) is 35.4 Å². The first-order valence-electron chi connectivity index (χ1n) is 5.78. The van der Waals surface area contributed by atoms with Crippen molar-refractivity contribution >= 4 is 0 Å². The molecule has 0 aliphatic carbocycles. The van der Waals surface area contributed by atoms with E-state index < -0.39 is 17.0 Å². The number of halogens is 2. The lowest BCUT2D eigenvalue weighted by atomic mass is 9.78. The van der Waals surface area contributed by atoms with Gasteiger partial charge in [-0.2, -0.15) is 0 Å². The van der Waals surface area contributed by atoms with Gasteiger partial charge in [-0.15, -0.1) is 0 Å². The lowest BCUT2D eigenvalue weighted by molar-refractivity contribution is -0.0382. The second kappa shape index (κ2) is 5.10. The standard InChI is InChI=1S/C13H16F2O2/c14-11-2-3-12(15)10(6-11)7-13(8-16)4-1-5-17-9-13/h2-3,6,16H,1,4-5,7-9H2. The van der Waals surface area contributed by atoms with Gasteiger partial charge in [0.15, 0.2) is 0 Å². The first kappa shape index (κ1) is 12.5. The van der Waals surface area contributed by atoms with Gasteiger partial charge in [0, 0.05) is 12.0 Å². The van der Waals surface area contributed by atoms with Crippen LogP contribution in [-0.4, -0.2) is 24.9 Å². The third kappa shape index (κ3) is 2.82. The molecule has 0 spiro atoms. The molecule has 0 radical (unpaired) electrons. The quantitative estimate of drug-likeness (QED) is 0.881. The second-order valence-electron chi connectivity index (χ2n) is 4.73. The third-order valence-corrected chi connectivity index (χ3v) is 3.31. The van der Waals surface area contributed by atoms with E-state index in [-0.39, 0.29) is 6.61 Å². The summed E-state index contributed by atoms with van der Waals surface area (Å²) in [5, 5.41) is 9.47. The van der Waals surface area contributed by atoms with Gasteiger partial charge in [-0.25, -0.2) is 8.78 Å². The van der Waals surface area contributed by atoms with Crippen molar-refractivity contribution in [3.63, 3.8) is 0 Å². The molecular weight excluding hydrogens is 226 g/mol. The summed E-state index contributed by atoms with van der Waals surface area (Å²) in [6.07, 6.45) is 1.93. The molecule has 1 saturated heterocycles. The van der Waals surface area contributed by atoms with Crippen LogP contribution in [0.25, 0.3) is 0 Å². The van der Waals surface area contributed by atoms with E-state index in [0.717, 1.165) is 25.0 Å². The maximum atomic E-state index is 13.5. The molecule has 2 rings (SSSR count). The topological polar surface area (TPSA) is 29.5 Å². The van der Waals surface area contributed by atoms with Crippen LogP contribution < -0.4 is 0 Å². The van der Waals surface area contributed by atoms with E-state index >= 15 is 0 Å². The molecule has 1 N–H and O–H groups in total. The van der Waals surface area contributed by atoms with Gasteiger partial charge in [-0.1, -0.05) is 0 Å². The van der Waals surface area contributed by atoms with Gasteiger partial charge in [0.25, 0.3) is 0 Å². The minimum Gasteiger partial charge on any atom is -0.396 e. The molecule has 2 nitrogen and oxygen atoms in total. The number of hydrogen-bond acceptors (Lipinski definition) is 2. The average Bonchev–Trinajstić information content (AvgIpc) is 2.35. The highest BCUT2D eigenvalue weighted by Gasteiger charge is 2.33. The molecule has 1 aromatic rings. The van der Waals surface area contributed by atoms with Crippen molar-refractivity contribution in [3.8, 4) is 0 Å². The maximum absolute atomic E-state index is 13.5. The fourth-order valence-electron chi connectivity index (χ4n) is 2.31. The molecule has 1 aliphatic heterocycles. The summed E-state index contributed by atoms with van der Waals surface area (Å²) >= 11 is 0. The molecule has 0 amide bonds. The Hall–Kier alpha value is -1.00. The van der Waals surface area contributed by atoms with Crippen molar-refractivity contribution in [2.75, 3.05) is 19.8 Å². The molecule has 1 fully saturated rings. The largest absolute Gasteiger partial charge is 0.396 e. The molecule has 1 aliphatic rings. The SMILES string of the molecule is OCC1(Cc2cc(F)ccc2F)CCCOC1. The highest BCUT2D eigenvalue weighted by molar-refractivity contribution is 5.20. The first-order chi connectivity index (χ1) is 8.15. The van der Waals surface area contributed by atoms with Gasteiger partial charge < -0.3 is 9.84 Å². The van der Waals surface area contributed by atoms with E-state index in [0.29, 0.717) is 25.2 Å². The smallest absolute Gasteiger partial charge is 0.126 e. The van der Waals surface area contributed by atoms with Crippen molar-refractivity contribution in [2.24, 2.45) is 5.41 Å². The molecule has 4 heteroatoms. The number of aliphatic hydroxyl groups is 1. The number of benzene rings is 1. The minimum absolute atomic E-state index is 0.0665. The molecular formula is C13H16F2O2. The molecule has 0 aromatic heterocycles. The van der Waals surface area contributed by atoms with Crippen molar-refractivity contribution in [2.45, 2.75) is 19.3 Å². The van der Waals surface area contributed by atoms with E-state index in [4.69, 9.17) is 4.74 Å². The summed E-state index contributed by atoms with van der Waals surface area (Å²) in [6, 6.07) is 3.42. The summed E-state index contributed by atoms with van der Waals surface area (Å²) in [6.45, 7) is 1.01. The summed E-state index contributed by atoms with van der Waals surface area (Å²) in [5.74, 6) is -0.879. The fourth-order valence-corrected chi connectivity index (χ4v) is 2.31. The fraction of sp³-hybridized carbons (Fsp3) is 0.538. The number of ether oxygens (including phenoxy) is 1. The molecule has 1 aromatic carbocycles. The molecule has 94 valence electrons. The van der Waals surface area contributed by atoms with Gasteiger partial charge in [0.1, 0.15) is 11.6 Å². The first-order valence-corrected chi connectivity index (χ1v) is 5.78. The van der Waals surface area contributed by atoms with Crippen molar-refractivity contribution in [1.82, 2.24) is 0 Å². The Labute approximate surface area is 99.2 Å². The van der Waals surface area contributed by atoms with Gasteiger partial charge in [-0.3, -0.25) is 0 Å². The van der Waals surface area contributed by atoms with Gasteiger partial charge >= 0.3 is 0 Å². The van der Waals surface area contributed by atoms with Crippen LogP contribution in [0.2, 0.25) is 0 Å². The van der Waals surface area contributed by atoms with Crippen molar-refractivity contribution in [1.29, 1.82) is 0 Å². The van der Waals surface area contributed by atoms with E-state index in [1.165, 1.54) is 6.07 Å². The van der Waals surface area contributed by atoms with Crippen LogP contribution in [-0.2, 0) is 11.2 Å². The zero-order valence-corrected chi connectivity index (χ0v) is 9.59. The third-order valence-electron chi connectivity index (χ3n) is 3.31. The lowest BCUT2D eigenvalue weighted by Crippen LogP contribution is -2.37. The van der Waals surface area contributed by atoms with Crippen LogP contribution in [0.1, 0.15) is 18.4 Å². The number of aliphatic hydroxyl groups excluding tert-OH is 1.